The molecule has 0 fully saturated rings. The van der Waals surface area contributed by atoms with E-state index in [-0.39, 0.29) is 11.1 Å². The van der Waals surface area contributed by atoms with Gasteiger partial charge in [-0.25, -0.2) is 0 Å². The standard InChI is InChI=1S/C15H11BrF3NOS/c16-11-6-8(1-3-12(11)21)14-20-7-9-5-10(15(17,18)19)2-4-13(9)22-14/h1-6,14,20-21H,7H2. The minimum Gasteiger partial charge on any atom is -0.507 e. The second-order valence-corrected chi connectivity index (χ2v) is 6.91. The van der Waals surface area contributed by atoms with Crippen molar-refractivity contribution in [3.05, 3.63) is 57.6 Å². The van der Waals surface area contributed by atoms with Gasteiger partial charge in [-0.05, 0) is 57.4 Å². The largest absolute Gasteiger partial charge is 0.507 e. The van der Waals surface area contributed by atoms with Gasteiger partial charge in [-0.1, -0.05) is 6.07 Å². The fourth-order valence-corrected chi connectivity index (χ4v) is 3.78. The van der Waals surface area contributed by atoms with E-state index >= 15 is 0 Å². The number of phenols is 1. The maximum Gasteiger partial charge on any atom is 0.416 e. The van der Waals surface area contributed by atoms with Gasteiger partial charge in [0.2, 0.25) is 0 Å². The first kappa shape index (κ1) is 15.7. The average molecular weight is 390 g/mol. The van der Waals surface area contributed by atoms with Gasteiger partial charge in [0.05, 0.1) is 15.4 Å². The van der Waals surface area contributed by atoms with Crippen molar-refractivity contribution in [2.45, 2.75) is 23.0 Å². The fraction of sp³-hybridized carbons (Fsp3) is 0.200. The van der Waals surface area contributed by atoms with Gasteiger partial charge in [0.25, 0.3) is 0 Å². The van der Waals surface area contributed by atoms with E-state index in [2.05, 4.69) is 21.2 Å². The van der Waals surface area contributed by atoms with Crippen molar-refractivity contribution in [2.24, 2.45) is 0 Å². The summed E-state index contributed by atoms with van der Waals surface area (Å²) in [5.41, 5.74) is 0.966. The summed E-state index contributed by atoms with van der Waals surface area (Å²) in [7, 11) is 0. The molecule has 0 aliphatic carbocycles. The van der Waals surface area contributed by atoms with Crippen LogP contribution in [0.4, 0.5) is 13.2 Å². The third kappa shape index (κ3) is 3.11. The van der Waals surface area contributed by atoms with E-state index in [0.717, 1.165) is 16.5 Å². The van der Waals surface area contributed by atoms with Crippen molar-refractivity contribution in [1.82, 2.24) is 5.32 Å². The zero-order valence-electron chi connectivity index (χ0n) is 11.1. The number of benzene rings is 2. The molecule has 0 amide bonds. The lowest BCUT2D eigenvalue weighted by atomic mass is 10.1. The molecule has 0 radical (unpaired) electrons. The molecule has 116 valence electrons. The molecule has 1 aliphatic heterocycles. The molecule has 1 unspecified atom stereocenters. The van der Waals surface area contributed by atoms with Gasteiger partial charge in [0.15, 0.2) is 0 Å². The van der Waals surface area contributed by atoms with Gasteiger partial charge >= 0.3 is 6.18 Å². The van der Waals surface area contributed by atoms with E-state index in [1.54, 1.807) is 18.2 Å². The van der Waals surface area contributed by atoms with Crippen LogP contribution in [0.3, 0.4) is 0 Å². The topological polar surface area (TPSA) is 32.3 Å². The predicted octanol–water partition coefficient (Wildman–Crippen LogP) is 5.07. The number of fused-ring (bicyclic) bond motifs is 1. The number of rotatable bonds is 1. The molecule has 0 bridgehead atoms. The average Bonchev–Trinajstić information content (AvgIpc) is 2.48. The van der Waals surface area contributed by atoms with Crippen LogP contribution in [0, 0.1) is 0 Å². The Morgan fingerprint density at radius 3 is 2.64 bits per heavy atom. The maximum absolute atomic E-state index is 12.7. The summed E-state index contributed by atoms with van der Waals surface area (Å²) in [5, 5.41) is 12.7. The predicted molar refractivity (Wildman–Crippen MR) is 82.7 cm³/mol. The lowest BCUT2D eigenvalue weighted by molar-refractivity contribution is -0.137. The second-order valence-electron chi connectivity index (χ2n) is 4.91. The number of hydrogen-bond donors (Lipinski definition) is 2. The van der Waals surface area contributed by atoms with Crippen molar-refractivity contribution in [2.75, 3.05) is 0 Å². The van der Waals surface area contributed by atoms with Crippen molar-refractivity contribution >= 4 is 27.7 Å². The van der Waals surface area contributed by atoms with Gasteiger partial charge < -0.3 is 5.11 Å². The monoisotopic (exact) mass is 389 g/mol. The van der Waals surface area contributed by atoms with Crippen LogP contribution in [0.5, 0.6) is 5.75 Å². The highest BCUT2D eigenvalue weighted by Gasteiger charge is 2.32. The summed E-state index contributed by atoms with van der Waals surface area (Å²) in [6.07, 6.45) is -4.32. The number of aromatic hydroxyl groups is 1. The number of halogens is 4. The smallest absolute Gasteiger partial charge is 0.416 e. The minimum absolute atomic E-state index is 0.0684. The minimum atomic E-state index is -4.32. The molecule has 7 heteroatoms. The maximum atomic E-state index is 12.7. The summed E-state index contributed by atoms with van der Waals surface area (Å²) in [6.45, 7) is 0.370. The molecule has 2 aromatic carbocycles. The first-order valence-corrected chi connectivity index (χ1v) is 8.10. The first-order valence-electron chi connectivity index (χ1n) is 6.43. The van der Waals surface area contributed by atoms with Gasteiger partial charge in [0.1, 0.15) is 5.75 Å². The zero-order valence-corrected chi connectivity index (χ0v) is 13.5. The van der Waals surface area contributed by atoms with Crippen molar-refractivity contribution in [3.8, 4) is 5.75 Å². The third-order valence-electron chi connectivity index (χ3n) is 3.39. The van der Waals surface area contributed by atoms with Crippen LogP contribution >= 0.6 is 27.7 Å². The Kier molecular flexibility index (Phi) is 4.13. The summed E-state index contributed by atoms with van der Waals surface area (Å²) < 4.78 is 38.8. The molecule has 22 heavy (non-hydrogen) atoms. The summed E-state index contributed by atoms with van der Waals surface area (Å²) >= 11 is 4.73. The third-order valence-corrected chi connectivity index (χ3v) is 5.35. The Hall–Kier alpha value is -1.18. The van der Waals surface area contributed by atoms with Gasteiger partial charge in [-0.2, -0.15) is 13.2 Å². The highest BCUT2D eigenvalue weighted by molar-refractivity contribution is 9.10. The molecule has 2 N–H and O–H groups in total. The molecular formula is C15H11BrF3NOS. The van der Waals surface area contributed by atoms with Crippen LogP contribution in [0.1, 0.15) is 22.1 Å². The van der Waals surface area contributed by atoms with E-state index in [0.29, 0.717) is 16.6 Å². The van der Waals surface area contributed by atoms with E-state index < -0.39 is 11.7 Å². The molecule has 1 atom stereocenters. The number of alkyl halides is 3. The molecule has 1 aliphatic rings. The van der Waals surface area contributed by atoms with Gasteiger partial charge in [-0.3, -0.25) is 5.32 Å². The summed E-state index contributed by atoms with van der Waals surface area (Å²) in [5.74, 6) is 0.153. The fourth-order valence-electron chi connectivity index (χ4n) is 2.25. The van der Waals surface area contributed by atoms with Crippen LogP contribution in [0.15, 0.2) is 45.8 Å². The summed E-state index contributed by atoms with van der Waals surface area (Å²) in [4.78, 5) is 0.834. The van der Waals surface area contributed by atoms with Crippen LogP contribution in [0.25, 0.3) is 0 Å². The lowest BCUT2D eigenvalue weighted by Gasteiger charge is -2.26. The van der Waals surface area contributed by atoms with E-state index in [1.165, 1.54) is 23.9 Å². The number of hydrogen-bond acceptors (Lipinski definition) is 3. The lowest BCUT2D eigenvalue weighted by Crippen LogP contribution is -2.23. The van der Waals surface area contributed by atoms with Gasteiger partial charge in [0, 0.05) is 11.4 Å². The highest BCUT2D eigenvalue weighted by atomic mass is 79.9. The first-order chi connectivity index (χ1) is 10.3. The molecule has 0 spiro atoms. The Morgan fingerprint density at radius 2 is 1.95 bits per heavy atom. The second kappa shape index (κ2) is 5.79. The van der Waals surface area contributed by atoms with Crippen molar-refractivity contribution < 1.29 is 18.3 Å². The highest BCUT2D eigenvalue weighted by Crippen LogP contribution is 2.42. The molecule has 2 aromatic rings. The molecule has 1 heterocycles. The van der Waals surface area contributed by atoms with Crippen LogP contribution in [-0.4, -0.2) is 5.11 Å². The molecule has 3 rings (SSSR count). The SMILES string of the molecule is Oc1ccc(C2NCc3cc(C(F)(F)F)ccc3S2)cc1Br. The molecule has 2 nitrogen and oxygen atoms in total. The quantitative estimate of drug-likeness (QED) is 0.714. The Labute approximate surface area is 137 Å². The Balaban J connectivity index is 1.86. The molecule has 0 saturated carbocycles. The van der Waals surface area contributed by atoms with Crippen LogP contribution < -0.4 is 5.32 Å². The normalized spacial score (nSPS) is 18.1. The Morgan fingerprint density at radius 1 is 1.18 bits per heavy atom. The molecular weight excluding hydrogens is 379 g/mol. The van der Waals surface area contributed by atoms with Crippen molar-refractivity contribution in [3.63, 3.8) is 0 Å². The molecule has 0 saturated heterocycles. The summed E-state index contributed by atoms with van der Waals surface area (Å²) in [6, 6.07) is 9.00. The van der Waals surface area contributed by atoms with Gasteiger partial charge in [-0.15, -0.1) is 11.8 Å². The van der Waals surface area contributed by atoms with E-state index in [1.807, 2.05) is 0 Å². The zero-order chi connectivity index (χ0) is 15.9. The van der Waals surface area contributed by atoms with E-state index in [9.17, 15) is 18.3 Å². The number of thioether (sulfide) groups is 1. The Bertz CT molecular complexity index is 720. The van der Waals surface area contributed by atoms with E-state index in [4.69, 9.17) is 0 Å². The molecule has 0 aromatic heterocycles. The number of nitrogens with one attached hydrogen (secondary N) is 1. The van der Waals surface area contributed by atoms with Crippen molar-refractivity contribution in [1.29, 1.82) is 0 Å². The van der Waals surface area contributed by atoms with Crippen LogP contribution in [0.2, 0.25) is 0 Å². The number of phenolic OH excluding ortho intramolecular Hbond substituents is 1. The van der Waals surface area contributed by atoms with Crippen LogP contribution in [-0.2, 0) is 12.7 Å².